The smallest absolute Gasteiger partial charge is 0.339 e. The van der Waals surface area contributed by atoms with E-state index in [1.165, 1.54) is 0 Å². The molecule has 0 bridgehead atoms. The first-order chi connectivity index (χ1) is 7.91. The highest BCUT2D eigenvalue weighted by Crippen LogP contribution is 2.24. The Morgan fingerprint density at radius 2 is 2.18 bits per heavy atom. The van der Waals surface area contributed by atoms with Gasteiger partial charge in [-0.1, -0.05) is 17.7 Å². The van der Waals surface area contributed by atoms with Crippen LogP contribution in [0.4, 0.5) is 5.69 Å². The third-order valence-electron chi connectivity index (χ3n) is 2.27. The van der Waals surface area contributed by atoms with E-state index in [-0.39, 0.29) is 16.6 Å². The molecule has 0 aliphatic rings. The summed E-state index contributed by atoms with van der Waals surface area (Å²) in [7, 11) is 3.93. The summed E-state index contributed by atoms with van der Waals surface area (Å²) in [6.45, 7) is 2.80. The molecule has 1 rings (SSSR count). The van der Waals surface area contributed by atoms with Crippen molar-refractivity contribution in [2.24, 2.45) is 0 Å². The summed E-state index contributed by atoms with van der Waals surface area (Å²) in [5.74, 6) is -1.02. The molecular weight excluding hydrogens is 240 g/mol. The van der Waals surface area contributed by atoms with Crippen molar-refractivity contribution in [3.63, 3.8) is 0 Å². The second-order valence-corrected chi connectivity index (χ2v) is 4.68. The van der Waals surface area contributed by atoms with Crippen molar-refractivity contribution in [2.75, 3.05) is 26.0 Å². The molecule has 0 aliphatic heterocycles. The number of anilines is 1. The van der Waals surface area contributed by atoms with Crippen LogP contribution in [-0.2, 0) is 0 Å². The van der Waals surface area contributed by atoms with E-state index in [9.17, 15) is 4.79 Å². The van der Waals surface area contributed by atoms with Gasteiger partial charge in [0, 0.05) is 12.6 Å². The van der Waals surface area contributed by atoms with E-state index in [1.54, 1.807) is 18.2 Å². The van der Waals surface area contributed by atoms with Crippen molar-refractivity contribution in [3.05, 3.63) is 28.8 Å². The first kappa shape index (κ1) is 13.8. The van der Waals surface area contributed by atoms with Gasteiger partial charge in [0.1, 0.15) is 5.56 Å². The number of hydrogen-bond donors (Lipinski definition) is 2. The van der Waals surface area contributed by atoms with Crippen LogP contribution in [0.2, 0.25) is 5.02 Å². The summed E-state index contributed by atoms with van der Waals surface area (Å²) in [5, 5.41) is 12.5. The van der Waals surface area contributed by atoms with Gasteiger partial charge in [-0.15, -0.1) is 0 Å². The average molecular weight is 257 g/mol. The van der Waals surface area contributed by atoms with Crippen LogP contribution < -0.4 is 5.32 Å². The standard InChI is InChI=1S/C12H17ClN2O2/c1-8(7-15(2)3)14-10-6-4-5-9(13)11(10)12(16)17/h4-6,8,14H,7H2,1-3H3,(H,16,17). The van der Waals surface area contributed by atoms with Crippen molar-refractivity contribution >= 4 is 23.3 Å². The number of carboxylic acid groups (broad SMARTS) is 1. The van der Waals surface area contributed by atoms with Crippen LogP contribution in [0.3, 0.4) is 0 Å². The fourth-order valence-corrected chi connectivity index (χ4v) is 1.98. The van der Waals surface area contributed by atoms with E-state index >= 15 is 0 Å². The molecule has 0 radical (unpaired) electrons. The molecular formula is C12H17ClN2O2. The van der Waals surface area contributed by atoms with Crippen LogP contribution in [0.5, 0.6) is 0 Å². The lowest BCUT2D eigenvalue weighted by molar-refractivity contribution is 0.0698. The van der Waals surface area contributed by atoms with Gasteiger partial charge in [0.15, 0.2) is 0 Å². The molecule has 5 heteroatoms. The van der Waals surface area contributed by atoms with Crippen molar-refractivity contribution in [1.82, 2.24) is 4.90 Å². The molecule has 4 nitrogen and oxygen atoms in total. The molecule has 0 saturated heterocycles. The maximum atomic E-state index is 11.1. The van der Waals surface area contributed by atoms with E-state index in [0.29, 0.717) is 5.69 Å². The Hall–Kier alpha value is -1.26. The lowest BCUT2D eigenvalue weighted by atomic mass is 10.1. The summed E-state index contributed by atoms with van der Waals surface area (Å²) < 4.78 is 0. The summed E-state index contributed by atoms with van der Waals surface area (Å²) in [6.07, 6.45) is 0. The zero-order chi connectivity index (χ0) is 13.0. The quantitative estimate of drug-likeness (QED) is 0.850. The normalized spacial score (nSPS) is 12.5. The van der Waals surface area contributed by atoms with Crippen molar-refractivity contribution in [2.45, 2.75) is 13.0 Å². The van der Waals surface area contributed by atoms with Gasteiger partial charge in [-0.3, -0.25) is 0 Å². The molecule has 17 heavy (non-hydrogen) atoms. The van der Waals surface area contributed by atoms with E-state index in [4.69, 9.17) is 16.7 Å². The molecule has 0 spiro atoms. The maximum Gasteiger partial charge on any atom is 0.339 e. The highest BCUT2D eigenvalue weighted by atomic mass is 35.5. The average Bonchev–Trinajstić information content (AvgIpc) is 2.15. The molecule has 0 heterocycles. The Kier molecular flexibility index (Phi) is 4.78. The van der Waals surface area contributed by atoms with Crippen molar-refractivity contribution < 1.29 is 9.90 Å². The summed E-state index contributed by atoms with van der Waals surface area (Å²) in [5.41, 5.74) is 0.680. The van der Waals surface area contributed by atoms with Gasteiger partial charge >= 0.3 is 5.97 Å². The lowest BCUT2D eigenvalue weighted by Crippen LogP contribution is -2.30. The zero-order valence-electron chi connectivity index (χ0n) is 10.2. The van der Waals surface area contributed by atoms with Crippen LogP contribution in [0, 0.1) is 0 Å². The van der Waals surface area contributed by atoms with Crippen LogP contribution in [-0.4, -0.2) is 42.7 Å². The molecule has 0 saturated carbocycles. The Labute approximate surface area is 106 Å². The third-order valence-corrected chi connectivity index (χ3v) is 2.58. The van der Waals surface area contributed by atoms with E-state index in [2.05, 4.69) is 5.32 Å². The molecule has 2 N–H and O–H groups in total. The Balaban J connectivity index is 2.91. The fourth-order valence-electron chi connectivity index (χ4n) is 1.72. The summed E-state index contributed by atoms with van der Waals surface area (Å²) in [4.78, 5) is 13.1. The zero-order valence-corrected chi connectivity index (χ0v) is 11.0. The number of nitrogens with one attached hydrogen (secondary N) is 1. The highest BCUT2D eigenvalue weighted by Gasteiger charge is 2.15. The first-order valence-electron chi connectivity index (χ1n) is 5.35. The number of carboxylic acids is 1. The number of likely N-dealkylation sites (N-methyl/N-ethyl adjacent to an activating group) is 1. The first-order valence-corrected chi connectivity index (χ1v) is 5.72. The molecule has 0 fully saturated rings. The minimum Gasteiger partial charge on any atom is -0.478 e. The minimum atomic E-state index is -1.02. The van der Waals surface area contributed by atoms with Gasteiger partial charge in [0.2, 0.25) is 0 Å². The summed E-state index contributed by atoms with van der Waals surface area (Å²) >= 11 is 5.88. The van der Waals surface area contributed by atoms with Crippen LogP contribution in [0.15, 0.2) is 18.2 Å². The molecule has 1 aromatic rings. The maximum absolute atomic E-state index is 11.1. The number of halogens is 1. The predicted octanol–water partition coefficient (Wildman–Crippen LogP) is 2.40. The monoisotopic (exact) mass is 256 g/mol. The number of nitrogens with zero attached hydrogens (tertiary/aromatic N) is 1. The highest BCUT2D eigenvalue weighted by molar-refractivity contribution is 6.34. The molecule has 94 valence electrons. The van der Waals surface area contributed by atoms with Crippen LogP contribution in [0.25, 0.3) is 0 Å². The predicted molar refractivity (Wildman–Crippen MR) is 70.1 cm³/mol. The van der Waals surface area contributed by atoms with Gasteiger partial charge in [-0.2, -0.15) is 0 Å². The minimum absolute atomic E-state index is 0.125. The van der Waals surface area contributed by atoms with Gasteiger partial charge in [-0.05, 0) is 33.2 Å². The molecule has 0 aliphatic carbocycles. The fraction of sp³-hybridized carbons (Fsp3) is 0.417. The van der Waals surface area contributed by atoms with E-state index in [1.807, 2.05) is 25.9 Å². The van der Waals surface area contributed by atoms with E-state index < -0.39 is 5.97 Å². The number of hydrogen-bond acceptors (Lipinski definition) is 3. The summed E-state index contributed by atoms with van der Waals surface area (Å²) in [6, 6.07) is 5.18. The van der Waals surface area contributed by atoms with Gasteiger partial charge in [-0.25, -0.2) is 4.79 Å². The topological polar surface area (TPSA) is 52.6 Å². The number of benzene rings is 1. The molecule has 1 aromatic carbocycles. The molecule has 1 atom stereocenters. The largest absolute Gasteiger partial charge is 0.478 e. The Bertz CT molecular complexity index is 407. The Morgan fingerprint density at radius 3 is 2.71 bits per heavy atom. The van der Waals surface area contributed by atoms with Gasteiger partial charge < -0.3 is 15.3 Å². The van der Waals surface area contributed by atoms with Gasteiger partial charge in [0.05, 0.1) is 10.7 Å². The number of rotatable bonds is 5. The van der Waals surface area contributed by atoms with Crippen molar-refractivity contribution in [1.29, 1.82) is 0 Å². The van der Waals surface area contributed by atoms with Crippen LogP contribution >= 0.6 is 11.6 Å². The third kappa shape index (κ3) is 3.91. The van der Waals surface area contributed by atoms with E-state index in [0.717, 1.165) is 6.54 Å². The number of carbonyl (C=O) groups is 1. The lowest BCUT2D eigenvalue weighted by Gasteiger charge is -2.20. The molecule has 1 unspecified atom stereocenters. The Morgan fingerprint density at radius 1 is 1.53 bits per heavy atom. The van der Waals surface area contributed by atoms with Crippen molar-refractivity contribution in [3.8, 4) is 0 Å². The molecule has 0 amide bonds. The second kappa shape index (κ2) is 5.89. The second-order valence-electron chi connectivity index (χ2n) is 4.28. The molecule has 0 aromatic heterocycles. The number of aromatic carboxylic acids is 1. The van der Waals surface area contributed by atoms with Gasteiger partial charge in [0.25, 0.3) is 0 Å². The SMILES string of the molecule is CC(CN(C)C)Nc1cccc(Cl)c1C(=O)O. The van der Waals surface area contributed by atoms with Crippen LogP contribution in [0.1, 0.15) is 17.3 Å².